The first-order valence-corrected chi connectivity index (χ1v) is 10.5. The Morgan fingerprint density at radius 1 is 1.03 bits per heavy atom. The highest BCUT2D eigenvalue weighted by atomic mass is 19.1. The van der Waals surface area contributed by atoms with Crippen LogP contribution in [0.1, 0.15) is 11.4 Å². The lowest BCUT2D eigenvalue weighted by atomic mass is 10.2. The van der Waals surface area contributed by atoms with Gasteiger partial charge < -0.3 is 20.3 Å². The number of hydrogen-bond donors (Lipinski definition) is 2. The van der Waals surface area contributed by atoms with Crippen molar-refractivity contribution < 1.29 is 18.3 Å². The molecule has 1 aromatic heterocycles. The molecule has 33 heavy (non-hydrogen) atoms. The summed E-state index contributed by atoms with van der Waals surface area (Å²) in [7, 11) is 0. The van der Waals surface area contributed by atoms with Crippen molar-refractivity contribution in [3.63, 3.8) is 0 Å². The van der Waals surface area contributed by atoms with Crippen LogP contribution in [-0.2, 0) is 9.53 Å². The molecule has 0 bridgehead atoms. The number of nitrogens with one attached hydrogen (secondary N) is 2. The van der Waals surface area contributed by atoms with Gasteiger partial charge in [0.1, 0.15) is 29.1 Å². The number of anilines is 4. The van der Waals surface area contributed by atoms with Crippen molar-refractivity contribution >= 4 is 35.0 Å². The Hall–Kier alpha value is -3.85. The first-order chi connectivity index (χ1) is 16.0. The minimum atomic E-state index is -0.604. The zero-order valence-electron chi connectivity index (χ0n) is 18.0. The van der Waals surface area contributed by atoms with E-state index < -0.39 is 17.5 Å². The van der Waals surface area contributed by atoms with Crippen LogP contribution in [0.3, 0.4) is 0 Å². The van der Waals surface area contributed by atoms with Gasteiger partial charge >= 0.3 is 0 Å². The second kappa shape index (κ2) is 10.2. The number of nitrogens with zero attached hydrogens (tertiary/aromatic N) is 3. The number of ether oxygens (including phenoxy) is 1. The van der Waals surface area contributed by atoms with E-state index in [-0.39, 0.29) is 5.56 Å². The summed E-state index contributed by atoms with van der Waals surface area (Å²) in [5.41, 5.74) is 1.35. The summed E-state index contributed by atoms with van der Waals surface area (Å²) in [5, 5.41) is 5.93. The monoisotopic (exact) mass is 451 g/mol. The van der Waals surface area contributed by atoms with E-state index in [2.05, 4.69) is 25.5 Å². The molecule has 0 radical (unpaired) electrons. The average molecular weight is 451 g/mol. The number of morpholine rings is 1. The molecule has 2 heterocycles. The van der Waals surface area contributed by atoms with Crippen LogP contribution < -0.4 is 15.5 Å². The van der Waals surface area contributed by atoms with E-state index in [1.54, 1.807) is 24.3 Å². The topological polar surface area (TPSA) is 79.4 Å². The van der Waals surface area contributed by atoms with Crippen LogP contribution in [0, 0.1) is 18.6 Å². The van der Waals surface area contributed by atoms with Crippen molar-refractivity contribution in [2.75, 3.05) is 41.8 Å². The van der Waals surface area contributed by atoms with E-state index in [1.807, 2.05) is 13.0 Å². The second-order valence-corrected chi connectivity index (χ2v) is 7.45. The molecule has 0 unspecified atom stereocenters. The predicted molar refractivity (Wildman–Crippen MR) is 124 cm³/mol. The van der Waals surface area contributed by atoms with Crippen LogP contribution in [0.15, 0.2) is 54.6 Å². The van der Waals surface area contributed by atoms with E-state index in [0.717, 1.165) is 48.9 Å². The van der Waals surface area contributed by atoms with E-state index in [1.165, 1.54) is 6.08 Å². The molecule has 1 aliphatic rings. The highest BCUT2D eigenvalue weighted by Crippen LogP contribution is 2.22. The summed E-state index contributed by atoms with van der Waals surface area (Å²) in [6, 6.07) is 12.0. The summed E-state index contributed by atoms with van der Waals surface area (Å²) in [6.07, 6.45) is 2.38. The fourth-order valence-electron chi connectivity index (χ4n) is 3.35. The van der Waals surface area contributed by atoms with Gasteiger partial charge in [0.05, 0.1) is 13.2 Å². The van der Waals surface area contributed by atoms with Gasteiger partial charge in [-0.3, -0.25) is 4.79 Å². The van der Waals surface area contributed by atoms with E-state index in [0.29, 0.717) is 30.5 Å². The van der Waals surface area contributed by atoms with Gasteiger partial charge in [0.25, 0.3) is 0 Å². The van der Waals surface area contributed by atoms with Crippen LogP contribution in [0.5, 0.6) is 0 Å². The first-order valence-electron chi connectivity index (χ1n) is 10.5. The third kappa shape index (κ3) is 6.11. The first kappa shape index (κ1) is 22.3. The number of carbonyl (C=O) groups is 1. The van der Waals surface area contributed by atoms with Crippen LogP contribution in [0.4, 0.5) is 31.8 Å². The number of aryl methyl sites for hydroxylation is 1. The highest BCUT2D eigenvalue weighted by molar-refractivity contribution is 6.02. The minimum absolute atomic E-state index is 0.00120. The van der Waals surface area contributed by atoms with Gasteiger partial charge in [-0.15, -0.1) is 0 Å². The Kier molecular flexibility index (Phi) is 6.89. The molecular formula is C24H23F2N5O2. The zero-order valence-corrected chi connectivity index (χ0v) is 18.0. The predicted octanol–water partition coefficient (Wildman–Crippen LogP) is 4.30. The number of rotatable bonds is 6. The zero-order chi connectivity index (χ0) is 23.2. The highest BCUT2D eigenvalue weighted by Gasteiger charge is 2.14. The number of hydrogen-bond acceptors (Lipinski definition) is 6. The summed E-state index contributed by atoms with van der Waals surface area (Å²) >= 11 is 0. The molecule has 1 saturated heterocycles. The van der Waals surface area contributed by atoms with Gasteiger partial charge in [0.2, 0.25) is 5.91 Å². The van der Waals surface area contributed by atoms with Gasteiger partial charge in [-0.05, 0) is 55.5 Å². The fraction of sp³-hybridized carbons (Fsp3) is 0.208. The molecule has 2 aromatic carbocycles. The molecule has 1 aliphatic heterocycles. The fourth-order valence-corrected chi connectivity index (χ4v) is 3.35. The molecule has 0 spiro atoms. The number of aromatic nitrogens is 2. The minimum Gasteiger partial charge on any atom is -0.378 e. The largest absolute Gasteiger partial charge is 0.378 e. The number of halogens is 2. The maximum absolute atomic E-state index is 13.7. The van der Waals surface area contributed by atoms with E-state index >= 15 is 0 Å². The molecule has 7 nitrogen and oxygen atoms in total. The smallest absolute Gasteiger partial charge is 0.248 e. The maximum Gasteiger partial charge on any atom is 0.248 e. The number of benzene rings is 2. The SMILES string of the molecule is Cc1nc(Nc2ccc(NC(=O)/C=C/c3cc(F)ccc3F)cc2)cc(N2CCOCC2)n1. The molecule has 9 heteroatoms. The average Bonchev–Trinajstić information content (AvgIpc) is 2.81. The van der Waals surface area contributed by atoms with Crippen molar-refractivity contribution in [2.24, 2.45) is 0 Å². The number of carbonyl (C=O) groups excluding carboxylic acids is 1. The Morgan fingerprint density at radius 3 is 2.52 bits per heavy atom. The molecule has 1 fully saturated rings. The molecule has 170 valence electrons. The van der Waals surface area contributed by atoms with Crippen LogP contribution >= 0.6 is 0 Å². The van der Waals surface area contributed by atoms with Crippen LogP contribution in [0.2, 0.25) is 0 Å². The Morgan fingerprint density at radius 2 is 1.76 bits per heavy atom. The van der Waals surface area contributed by atoms with E-state index in [4.69, 9.17) is 4.74 Å². The summed E-state index contributed by atoms with van der Waals surface area (Å²) in [6.45, 7) is 4.75. The summed E-state index contributed by atoms with van der Waals surface area (Å²) in [5.74, 6) is 0.537. The molecule has 3 aromatic rings. The van der Waals surface area contributed by atoms with Crippen molar-refractivity contribution in [3.05, 3.63) is 77.6 Å². The van der Waals surface area contributed by atoms with E-state index in [9.17, 15) is 13.6 Å². The van der Waals surface area contributed by atoms with Crippen molar-refractivity contribution in [1.29, 1.82) is 0 Å². The van der Waals surface area contributed by atoms with Crippen LogP contribution in [0.25, 0.3) is 6.08 Å². The van der Waals surface area contributed by atoms with Gasteiger partial charge in [0, 0.05) is 42.2 Å². The molecule has 0 saturated carbocycles. The quantitative estimate of drug-likeness (QED) is 0.544. The Bertz CT molecular complexity index is 1160. The third-order valence-corrected chi connectivity index (χ3v) is 4.96. The third-order valence-electron chi connectivity index (χ3n) is 4.96. The lowest BCUT2D eigenvalue weighted by molar-refractivity contribution is -0.111. The van der Waals surface area contributed by atoms with Gasteiger partial charge in [0.15, 0.2) is 0 Å². The second-order valence-electron chi connectivity index (χ2n) is 7.45. The van der Waals surface area contributed by atoms with Crippen molar-refractivity contribution in [1.82, 2.24) is 9.97 Å². The van der Waals surface area contributed by atoms with Gasteiger partial charge in [-0.1, -0.05) is 0 Å². The standard InChI is InChI=1S/C24H23F2N5O2/c1-16-27-22(15-23(28-16)31-10-12-33-13-11-31)29-19-4-6-20(7-5-19)30-24(32)9-2-17-14-18(25)3-8-21(17)26/h2-9,14-15H,10-13H2,1H3,(H,30,32)(H,27,28,29)/b9-2+. The van der Waals surface area contributed by atoms with Crippen molar-refractivity contribution in [2.45, 2.75) is 6.92 Å². The van der Waals surface area contributed by atoms with Gasteiger partial charge in [-0.2, -0.15) is 0 Å². The molecule has 1 amide bonds. The Labute approximate surface area is 190 Å². The molecule has 0 aliphatic carbocycles. The number of amides is 1. The maximum atomic E-state index is 13.7. The van der Waals surface area contributed by atoms with Gasteiger partial charge in [-0.25, -0.2) is 18.7 Å². The molecule has 4 rings (SSSR count). The summed E-state index contributed by atoms with van der Waals surface area (Å²) < 4.78 is 32.3. The molecule has 2 N–H and O–H groups in total. The van der Waals surface area contributed by atoms with Crippen LogP contribution in [-0.4, -0.2) is 42.2 Å². The molecule has 0 atom stereocenters. The van der Waals surface area contributed by atoms with Crippen molar-refractivity contribution in [3.8, 4) is 0 Å². The summed E-state index contributed by atoms with van der Waals surface area (Å²) in [4.78, 5) is 23.2. The lowest BCUT2D eigenvalue weighted by Crippen LogP contribution is -2.36. The molecular weight excluding hydrogens is 428 g/mol. The Balaban J connectivity index is 1.38. The normalized spacial score (nSPS) is 13.8. The lowest BCUT2D eigenvalue weighted by Gasteiger charge is -2.28.